The van der Waals surface area contributed by atoms with Gasteiger partial charge in [0.25, 0.3) is 5.56 Å². The second-order valence-electron chi connectivity index (χ2n) is 4.39. The molecule has 3 aromatic rings. The maximum atomic E-state index is 12.0. The predicted molar refractivity (Wildman–Crippen MR) is 83.2 cm³/mol. The molecule has 5 nitrogen and oxygen atoms in total. The van der Waals surface area contributed by atoms with Crippen molar-refractivity contribution in [2.45, 2.75) is 6.61 Å². The molecule has 2 aromatic heterocycles. The quantitative estimate of drug-likeness (QED) is 0.742. The molecule has 1 aromatic carbocycles. The van der Waals surface area contributed by atoms with Gasteiger partial charge in [0.2, 0.25) is 4.96 Å². The van der Waals surface area contributed by atoms with E-state index in [1.165, 1.54) is 21.9 Å². The number of aromatic nitrogens is 3. The Labute approximate surface area is 125 Å². The minimum absolute atomic E-state index is 0.189. The Morgan fingerprint density at radius 3 is 2.86 bits per heavy atom. The monoisotopic (exact) mass is 299 g/mol. The van der Waals surface area contributed by atoms with Crippen LogP contribution in [0.4, 0.5) is 0 Å². The summed E-state index contributed by atoms with van der Waals surface area (Å²) in [6.07, 6.45) is 3.75. The molecule has 0 saturated heterocycles. The highest BCUT2D eigenvalue weighted by atomic mass is 32.1. The summed E-state index contributed by atoms with van der Waals surface area (Å²) in [6.45, 7) is 0.378. The van der Waals surface area contributed by atoms with E-state index < -0.39 is 0 Å². The molecule has 0 spiro atoms. The molecular formula is C15H13N3O2S. The van der Waals surface area contributed by atoms with Gasteiger partial charge in [-0.05, 0) is 11.6 Å². The summed E-state index contributed by atoms with van der Waals surface area (Å²) in [4.78, 5) is 17.0. The molecule has 0 bridgehead atoms. The van der Waals surface area contributed by atoms with Gasteiger partial charge in [-0.3, -0.25) is 4.79 Å². The molecular weight excluding hydrogens is 286 g/mol. The van der Waals surface area contributed by atoms with Crippen LogP contribution in [-0.2, 0) is 11.3 Å². The Morgan fingerprint density at radius 1 is 1.29 bits per heavy atom. The van der Waals surface area contributed by atoms with Crippen molar-refractivity contribution in [1.82, 2.24) is 14.6 Å². The first kappa shape index (κ1) is 13.7. The highest BCUT2D eigenvalue weighted by molar-refractivity contribution is 7.16. The van der Waals surface area contributed by atoms with E-state index in [1.54, 1.807) is 7.11 Å². The van der Waals surface area contributed by atoms with Crippen LogP contribution in [0.2, 0.25) is 0 Å². The van der Waals surface area contributed by atoms with Crippen molar-refractivity contribution >= 4 is 28.4 Å². The van der Waals surface area contributed by atoms with Crippen molar-refractivity contribution < 1.29 is 4.74 Å². The molecule has 106 valence electrons. The van der Waals surface area contributed by atoms with Crippen LogP contribution in [0.15, 0.2) is 41.2 Å². The molecule has 0 atom stereocenters. The Hall–Kier alpha value is -2.31. The van der Waals surface area contributed by atoms with Gasteiger partial charge in [-0.25, -0.2) is 4.98 Å². The van der Waals surface area contributed by atoms with Gasteiger partial charge in [-0.15, -0.1) is 0 Å². The zero-order chi connectivity index (χ0) is 14.7. The normalized spacial score (nSPS) is 11.5. The number of ether oxygens (including phenoxy) is 1. The third-order valence-corrected chi connectivity index (χ3v) is 3.70. The summed E-state index contributed by atoms with van der Waals surface area (Å²) in [7, 11) is 1.59. The minimum atomic E-state index is -0.189. The van der Waals surface area contributed by atoms with Crippen LogP contribution in [0, 0.1) is 0 Å². The van der Waals surface area contributed by atoms with Crippen LogP contribution in [0.5, 0.6) is 0 Å². The number of hydrogen-bond acceptors (Lipinski definition) is 5. The second kappa shape index (κ2) is 5.99. The average Bonchev–Trinajstić information content (AvgIpc) is 2.90. The van der Waals surface area contributed by atoms with Crippen LogP contribution < -0.4 is 5.56 Å². The summed E-state index contributed by atoms with van der Waals surface area (Å²) < 4.78 is 6.33. The first-order valence-corrected chi connectivity index (χ1v) is 7.20. The summed E-state index contributed by atoms with van der Waals surface area (Å²) in [5.74, 6) is 0. The van der Waals surface area contributed by atoms with Gasteiger partial charge in [0.1, 0.15) is 5.01 Å². The lowest BCUT2D eigenvalue weighted by atomic mass is 10.2. The van der Waals surface area contributed by atoms with E-state index in [2.05, 4.69) is 10.1 Å². The molecule has 0 aliphatic heterocycles. The van der Waals surface area contributed by atoms with Crippen LogP contribution >= 0.6 is 11.3 Å². The van der Waals surface area contributed by atoms with E-state index in [1.807, 2.05) is 42.5 Å². The van der Waals surface area contributed by atoms with E-state index in [0.29, 0.717) is 17.3 Å². The molecule has 2 heterocycles. The Kier molecular flexibility index (Phi) is 3.89. The largest absolute Gasteiger partial charge is 0.377 e. The van der Waals surface area contributed by atoms with Gasteiger partial charge in [-0.2, -0.15) is 9.61 Å². The van der Waals surface area contributed by atoms with E-state index >= 15 is 0 Å². The van der Waals surface area contributed by atoms with Crippen LogP contribution in [0.3, 0.4) is 0 Å². The summed E-state index contributed by atoms with van der Waals surface area (Å²) in [6, 6.07) is 11.3. The summed E-state index contributed by atoms with van der Waals surface area (Å²) in [5, 5.41) is 4.90. The molecule has 21 heavy (non-hydrogen) atoms. The Morgan fingerprint density at radius 2 is 2.10 bits per heavy atom. The molecule has 0 fully saturated rings. The summed E-state index contributed by atoms with van der Waals surface area (Å²) in [5.41, 5.74) is 1.49. The fourth-order valence-electron chi connectivity index (χ4n) is 1.88. The average molecular weight is 299 g/mol. The third-order valence-electron chi connectivity index (χ3n) is 2.82. The van der Waals surface area contributed by atoms with Gasteiger partial charge in [0.05, 0.1) is 12.3 Å². The smallest absolute Gasteiger partial charge is 0.275 e. The predicted octanol–water partition coefficient (Wildman–Crippen LogP) is 2.47. The van der Waals surface area contributed by atoms with Gasteiger partial charge in [0.15, 0.2) is 0 Å². The number of fused-ring (bicyclic) bond motifs is 1. The van der Waals surface area contributed by atoms with Crippen molar-refractivity contribution in [2.75, 3.05) is 7.11 Å². The zero-order valence-electron chi connectivity index (χ0n) is 11.4. The number of methoxy groups -OCH3 is 1. The van der Waals surface area contributed by atoms with Gasteiger partial charge in [0, 0.05) is 13.2 Å². The van der Waals surface area contributed by atoms with Crippen molar-refractivity contribution in [3.63, 3.8) is 0 Å². The van der Waals surface area contributed by atoms with Crippen LogP contribution in [-0.4, -0.2) is 21.7 Å². The topological polar surface area (TPSA) is 56.5 Å². The molecule has 0 amide bonds. The van der Waals surface area contributed by atoms with Gasteiger partial charge >= 0.3 is 0 Å². The molecule has 0 aliphatic rings. The van der Waals surface area contributed by atoms with E-state index in [-0.39, 0.29) is 5.56 Å². The molecule has 0 aliphatic carbocycles. The van der Waals surface area contributed by atoms with Gasteiger partial charge < -0.3 is 4.74 Å². The zero-order valence-corrected chi connectivity index (χ0v) is 12.2. The standard InChI is InChI=1S/C15H13N3O2S/c1-20-10-13-17-18-14(19)9-12(16-15(18)21-13)8-7-11-5-3-2-4-6-11/h2-9H,10H2,1H3. The highest BCUT2D eigenvalue weighted by Gasteiger charge is 2.07. The van der Waals surface area contributed by atoms with Crippen molar-refractivity contribution in [1.29, 1.82) is 0 Å². The fourth-order valence-corrected chi connectivity index (χ4v) is 2.76. The summed E-state index contributed by atoms with van der Waals surface area (Å²) >= 11 is 1.35. The first-order chi connectivity index (χ1) is 10.3. The molecule has 3 rings (SSSR count). The molecule has 0 saturated carbocycles. The minimum Gasteiger partial charge on any atom is -0.377 e. The first-order valence-electron chi connectivity index (χ1n) is 6.38. The number of hydrogen-bond donors (Lipinski definition) is 0. The maximum absolute atomic E-state index is 12.0. The Bertz CT molecular complexity index is 837. The SMILES string of the molecule is COCc1nn2c(=O)cc(C=Cc3ccccc3)nc2s1. The second-order valence-corrected chi connectivity index (χ2v) is 5.43. The van der Waals surface area contributed by atoms with Crippen molar-refractivity contribution in [2.24, 2.45) is 0 Å². The fraction of sp³-hybridized carbons (Fsp3) is 0.133. The third kappa shape index (κ3) is 3.07. The van der Waals surface area contributed by atoms with E-state index in [0.717, 1.165) is 10.6 Å². The molecule has 6 heteroatoms. The number of rotatable bonds is 4. The highest BCUT2D eigenvalue weighted by Crippen LogP contribution is 2.13. The number of benzene rings is 1. The molecule has 0 N–H and O–H groups in total. The van der Waals surface area contributed by atoms with Crippen molar-refractivity contribution in [3.8, 4) is 0 Å². The van der Waals surface area contributed by atoms with Gasteiger partial charge in [-0.1, -0.05) is 47.7 Å². The van der Waals surface area contributed by atoms with E-state index in [9.17, 15) is 4.79 Å². The lowest BCUT2D eigenvalue weighted by molar-refractivity contribution is 0.183. The lowest BCUT2D eigenvalue weighted by Crippen LogP contribution is -2.14. The molecule has 0 radical (unpaired) electrons. The Balaban J connectivity index is 1.96. The van der Waals surface area contributed by atoms with Crippen LogP contribution in [0.1, 0.15) is 16.3 Å². The lowest BCUT2D eigenvalue weighted by Gasteiger charge is -1.94. The molecule has 0 unspecified atom stereocenters. The van der Waals surface area contributed by atoms with Crippen molar-refractivity contribution in [3.05, 3.63) is 63.0 Å². The van der Waals surface area contributed by atoms with Crippen LogP contribution in [0.25, 0.3) is 17.1 Å². The van der Waals surface area contributed by atoms with E-state index in [4.69, 9.17) is 4.74 Å². The number of nitrogens with zero attached hydrogens (tertiary/aromatic N) is 3. The maximum Gasteiger partial charge on any atom is 0.275 e.